The van der Waals surface area contributed by atoms with Gasteiger partial charge in [0.05, 0.1) is 12.1 Å². The molecule has 2 N–H and O–H groups in total. The highest BCUT2D eigenvalue weighted by Crippen LogP contribution is 2.23. The third kappa shape index (κ3) is 5.63. The van der Waals surface area contributed by atoms with Gasteiger partial charge in [-0.2, -0.15) is 0 Å². The lowest BCUT2D eigenvalue weighted by atomic mass is 10.0. The molecule has 1 atom stereocenters. The Balaban J connectivity index is 1.88. The number of alkyl carbamates (subject to hydrolysis) is 1. The van der Waals surface area contributed by atoms with E-state index in [0.29, 0.717) is 13.0 Å². The van der Waals surface area contributed by atoms with Crippen molar-refractivity contribution in [3.05, 3.63) is 35.9 Å². The summed E-state index contributed by atoms with van der Waals surface area (Å²) in [6.45, 7) is 5.76. The van der Waals surface area contributed by atoms with Crippen molar-refractivity contribution in [2.45, 2.75) is 44.9 Å². The van der Waals surface area contributed by atoms with E-state index in [0.717, 1.165) is 5.56 Å². The van der Waals surface area contributed by atoms with E-state index >= 15 is 0 Å². The summed E-state index contributed by atoms with van der Waals surface area (Å²) >= 11 is 0. The van der Waals surface area contributed by atoms with Crippen LogP contribution in [0.3, 0.4) is 0 Å². The first-order valence-electron chi connectivity index (χ1n) is 8.31. The zero-order chi connectivity index (χ0) is 18.5. The van der Waals surface area contributed by atoms with Gasteiger partial charge < -0.3 is 24.8 Å². The van der Waals surface area contributed by atoms with Crippen molar-refractivity contribution in [1.82, 2.24) is 10.2 Å². The molecule has 7 nitrogen and oxygen atoms in total. The van der Waals surface area contributed by atoms with Crippen LogP contribution >= 0.6 is 0 Å². The average Bonchev–Trinajstić information content (AvgIpc) is 2.96. The first-order chi connectivity index (χ1) is 11.7. The number of ether oxygens (including phenoxy) is 2. The highest BCUT2D eigenvalue weighted by atomic mass is 16.6. The summed E-state index contributed by atoms with van der Waals surface area (Å²) in [5.41, 5.74) is -0.641. The van der Waals surface area contributed by atoms with Crippen LogP contribution in [-0.2, 0) is 16.1 Å². The monoisotopic (exact) mass is 350 g/mol. The van der Waals surface area contributed by atoms with E-state index in [2.05, 4.69) is 5.32 Å². The fourth-order valence-corrected chi connectivity index (χ4v) is 2.63. The number of hydrogen-bond acceptors (Lipinski definition) is 5. The Bertz CT molecular complexity index is 599. The number of rotatable bonds is 4. The van der Waals surface area contributed by atoms with E-state index in [-0.39, 0.29) is 19.8 Å². The number of aliphatic hydroxyl groups excluding tert-OH is 1. The van der Waals surface area contributed by atoms with Crippen LogP contribution in [-0.4, -0.2) is 53.0 Å². The second kappa shape index (κ2) is 7.74. The number of benzene rings is 1. The molecule has 0 aliphatic carbocycles. The number of likely N-dealkylation sites (tertiary alicyclic amines) is 1. The summed E-state index contributed by atoms with van der Waals surface area (Å²) in [5.74, 6) is 0. The first kappa shape index (κ1) is 19.1. The van der Waals surface area contributed by atoms with E-state index in [1.165, 1.54) is 4.90 Å². The number of aliphatic hydroxyl groups is 1. The minimum atomic E-state index is -0.909. The number of hydrogen-bond donors (Lipinski definition) is 2. The van der Waals surface area contributed by atoms with E-state index in [4.69, 9.17) is 9.47 Å². The van der Waals surface area contributed by atoms with Gasteiger partial charge in [0.25, 0.3) is 0 Å². The molecule has 0 spiro atoms. The molecule has 1 saturated heterocycles. The number of carbonyl (C=O) groups is 2. The molecular weight excluding hydrogens is 324 g/mol. The van der Waals surface area contributed by atoms with E-state index < -0.39 is 23.3 Å². The molecule has 1 aromatic rings. The van der Waals surface area contributed by atoms with Crippen molar-refractivity contribution >= 4 is 12.2 Å². The highest BCUT2D eigenvalue weighted by Gasteiger charge is 2.42. The molecular formula is C18H26N2O5. The normalized spacial score (nSPS) is 20.2. The summed E-state index contributed by atoms with van der Waals surface area (Å²) in [7, 11) is 0. The molecule has 1 fully saturated rings. The molecule has 1 aliphatic heterocycles. The van der Waals surface area contributed by atoms with Gasteiger partial charge in [-0.25, -0.2) is 9.59 Å². The minimum Gasteiger partial charge on any atom is -0.445 e. The van der Waals surface area contributed by atoms with Crippen molar-refractivity contribution in [1.29, 1.82) is 0 Å². The molecule has 1 aromatic carbocycles. The zero-order valence-electron chi connectivity index (χ0n) is 14.9. The SMILES string of the molecule is CC(C)(C)OC(=O)NC1(CO)CCN(C(=O)OCc2ccccc2)C1. The van der Waals surface area contributed by atoms with Crippen molar-refractivity contribution in [2.24, 2.45) is 0 Å². The van der Waals surface area contributed by atoms with E-state index in [1.54, 1.807) is 20.8 Å². The fraction of sp³-hybridized carbons (Fsp3) is 0.556. The lowest BCUT2D eigenvalue weighted by Crippen LogP contribution is -2.54. The summed E-state index contributed by atoms with van der Waals surface area (Å²) < 4.78 is 10.5. The summed E-state index contributed by atoms with van der Waals surface area (Å²) in [5, 5.41) is 12.4. The summed E-state index contributed by atoms with van der Waals surface area (Å²) in [6, 6.07) is 9.39. The molecule has 7 heteroatoms. The Labute approximate surface area is 147 Å². The van der Waals surface area contributed by atoms with Crippen LogP contribution in [0, 0.1) is 0 Å². The third-order valence-electron chi connectivity index (χ3n) is 3.89. The Morgan fingerprint density at radius 2 is 1.96 bits per heavy atom. The minimum absolute atomic E-state index is 0.177. The number of nitrogens with zero attached hydrogens (tertiary/aromatic N) is 1. The van der Waals surface area contributed by atoms with Gasteiger partial charge in [-0.3, -0.25) is 0 Å². The molecule has 0 saturated carbocycles. The molecule has 0 radical (unpaired) electrons. The molecule has 0 bridgehead atoms. The smallest absolute Gasteiger partial charge is 0.410 e. The van der Waals surface area contributed by atoms with Gasteiger partial charge in [-0.1, -0.05) is 30.3 Å². The standard InChI is InChI=1S/C18H26N2O5/c1-17(2,3)25-15(22)19-18(13-21)9-10-20(12-18)16(23)24-11-14-7-5-4-6-8-14/h4-8,21H,9-13H2,1-3H3,(H,19,22). The lowest BCUT2D eigenvalue weighted by Gasteiger charge is -2.30. The van der Waals surface area contributed by atoms with Crippen molar-refractivity contribution in [2.75, 3.05) is 19.7 Å². The Morgan fingerprint density at radius 1 is 1.28 bits per heavy atom. The van der Waals surface area contributed by atoms with Gasteiger partial charge in [-0.15, -0.1) is 0 Å². The van der Waals surface area contributed by atoms with E-state index in [1.807, 2.05) is 30.3 Å². The Hall–Kier alpha value is -2.28. The number of nitrogens with one attached hydrogen (secondary N) is 1. The first-order valence-corrected chi connectivity index (χ1v) is 8.31. The molecule has 1 unspecified atom stereocenters. The Kier molecular flexibility index (Phi) is 5.89. The molecule has 138 valence electrons. The van der Waals surface area contributed by atoms with Gasteiger partial charge in [0.2, 0.25) is 0 Å². The number of amides is 2. The van der Waals surface area contributed by atoms with Gasteiger partial charge >= 0.3 is 12.2 Å². The van der Waals surface area contributed by atoms with Crippen LogP contribution < -0.4 is 5.32 Å². The second-order valence-corrected chi connectivity index (χ2v) is 7.28. The van der Waals surface area contributed by atoms with Crippen LogP contribution in [0.25, 0.3) is 0 Å². The second-order valence-electron chi connectivity index (χ2n) is 7.28. The topological polar surface area (TPSA) is 88.1 Å². The zero-order valence-corrected chi connectivity index (χ0v) is 14.9. The maximum atomic E-state index is 12.2. The molecule has 2 rings (SSSR count). The molecule has 2 amide bonds. The van der Waals surface area contributed by atoms with Crippen molar-refractivity contribution < 1.29 is 24.2 Å². The maximum Gasteiger partial charge on any atom is 0.410 e. The highest BCUT2D eigenvalue weighted by molar-refractivity contribution is 5.71. The maximum absolute atomic E-state index is 12.2. The predicted octanol–water partition coefficient (Wildman–Crippen LogP) is 2.28. The van der Waals surface area contributed by atoms with Crippen molar-refractivity contribution in [3.63, 3.8) is 0 Å². The molecule has 1 aliphatic rings. The van der Waals surface area contributed by atoms with Gasteiger partial charge in [0.1, 0.15) is 12.2 Å². The summed E-state index contributed by atoms with van der Waals surface area (Å²) in [4.78, 5) is 25.7. The van der Waals surface area contributed by atoms with E-state index in [9.17, 15) is 14.7 Å². The number of carbonyl (C=O) groups excluding carboxylic acids is 2. The largest absolute Gasteiger partial charge is 0.445 e. The summed E-state index contributed by atoms with van der Waals surface area (Å²) in [6.07, 6.45) is -0.644. The molecule has 1 heterocycles. The third-order valence-corrected chi connectivity index (χ3v) is 3.89. The molecule has 0 aromatic heterocycles. The van der Waals surface area contributed by atoms with Gasteiger partial charge in [-0.05, 0) is 32.8 Å². The van der Waals surface area contributed by atoms with Crippen LogP contribution in [0.2, 0.25) is 0 Å². The predicted molar refractivity (Wildman–Crippen MR) is 92.0 cm³/mol. The van der Waals surface area contributed by atoms with Crippen LogP contribution in [0.1, 0.15) is 32.8 Å². The average molecular weight is 350 g/mol. The van der Waals surface area contributed by atoms with Crippen LogP contribution in [0.15, 0.2) is 30.3 Å². The van der Waals surface area contributed by atoms with Crippen molar-refractivity contribution in [3.8, 4) is 0 Å². The Morgan fingerprint density at radius 3 is 2.56 bits per heavy atom. The fourth-order valence-electron chi connectivity index (χ4n) is 2.63. The van der Waals surface area contributed by atoms with Gasteiger partial charge in [0, 0.05) is 13.1 Å². The molecule has 25 heavy (non-hydrogen) atoms. The van der Waals surface area contributed by atoms with Crippen LogP contribution in [0.4, 0.5) is 9.59 Å². The lowest BCUT2D eigenvalue weighted by molar-refractivity contribution is 0.0398. The van der Waals surface area contributed by atoms with Crippen LogP contribution in [0.5, 0.6) is 0 Å². The quantitative estimate of drug-likeness (QED) is 0.870. The van der Waals surface area contributed by atoms with Gasteiger partial charge in [0.15, 0.2) is 0 Å².